The van der Waals surface area contributed by atoms with Gasteiger partial charge in [0.25, 0.3) is 0 Å². The van der Waals surface area contributed by atoms with E-state index in [-0.39, 0.29) is 11.8 Å². The summed E-state index contributed by atoms with van der Waals surface area (Å²) in [4.78, 5) is 30.4. The van der Waals surface area contributed by atoms with Crippen LogP contribution in [-0.4, -0.2) is 42.9 Å². The highest BCUT2D eigenvalue weighted by Gasteiger charge is 2.76. The second-order valence-electron chi connectivity index (χ2n) is 7.08. The number of rotatable bonds is 0. The topological polar surface area (TPSA) is 60.9 Å². The summed E-state index contributed by atoms with van der Waals surface area (Å²) in [6, 6.07) is 15.1. The number of aliphatic hydroxyl groups excluding tert-OH is 1. The Morgan fingerprint density at radius 1 is 0.923 bits per heavy atom. The molecule has 5 nitrogen and oxygen atoms in total. The van der Waals surface area contributed by atoms with E-state index >= 15 is 0 Å². The molecule has 1 saturated heterocycles. The zero-order valence-electron chi connectivity index (χ0n) is 14.5. The van der Waals surface area contributed by atoms with Gasteiger partial charge in [0.2, 0.25) is 11.8 Å². The summed E-state index contributed by atoms with van der Waals surface area (Å²) in [5, 5.41) is 11.1. The molecule has 0 aromatic heterocycles. The number of aliphatic hydroxyl groups is 1. The van der Waals surface area contributed by atoms with Crippen molar-refractivity contribution < 1.29 is 14.7 Å². The Labute approximate surface area is 155 Å². The Hall–Kier alpha value is -2.31. The maximum atomic E-state index is 13.6. The van der Waals surface area contributed by atoms with Crippen molar-refractivity contribution in [2.24, 2.45) is 0 Å². The van der Waals surface area contributed by atoms with Crippen molar-refractivity contribution >= 4 is 35.0 Å². The molecule has 0 unspecified atom stereocenters. The average Bonchev–Trinajstić information content (AvgIpc) is 3.19. The van der Waals surface area contributed by atoms with Gasteiger partial charge in [-0.25, -0.2) is 0 Å². The summed E-state index contributed by atoms with van der Waals surface area (Å²) in [6.07, 6.45) is -0.936. The predicted molar refractivity (Wildman–Crippen MR) is 102 cm³/mol. The molecule has 5 rings (SSSR count). The van der Waals surface area contributed by atoms with E-state index in [9.17, 15) is 14.7 Å². The first kappa shape index (κ1) is 15.9. The fourth-order valence-corrected chi connectivity index (χ4v) is 6.78. The van der Waals surface area contributed by atoms with Gasteiger partial charge in [-0.15, -0.1) is 11.8 Å². The number of hydrogen-bond donors (Lipinski definition) is 1. The predicted octanol–water partition coefficient (Wildman–Crippen LogP) is 1.88. The van der Waals surface area contributed by atoms with E-state index in [0.29, 0.717) is 5.75 Å². The molecule has 1 fully saturated rings. The van der Waals surface area contributed by atoms with Crippen molar-refractivity contribution in [3.63, 3.8) is 0 Å². The highest BCUT2D eigenvalue weighted by molar-refractivity contribution is 8.01. The maximum absolute atomic E-state index is 13.6. The molecule has 1 N–H and O–H groups in total. The highest BCUT2D eigenvalue weighted by atomic mass is 32.2. The van der Waals surface area contributed by atoms with Gasteiger partial charge >= 0.3 is 0 Å². The van der Waals surface area contributed by atoms with Crippen molar-refractivity contribution in [2.75, 3.05) is 29.6 Å². The lowest BCUT2D eigenvalue weighted by Gasteiger charge is -2.39. The minimum absolute atomic E-state index is 0.140. The maximum Gasteiger partial charge on any atom is 0.249 e. The van der Waals surface area contributed by atoms with Gasteiger partial charge in [0, 0.05) is 36.8 Å². The zero-order chi connectivity index (χ0) is 18.3. The molecule has 3 atom stereocenters. The summed E-state index contributed by atoms with van der Waals surface area (Å²) in [5.74, 6) is -0.0182. The number of benzene rings is 2. The van der Waals surface area contributed by atoms with Gasteiger partial charge < -0.3 is 14.9 Å². The Kier molecular flexibility index (Phi) is 3.00. The van der Waals surface area contributed by atoms with Gasteiger partial charge in [-0.1, -0.05) is 36.4 Å². The standard InChI is InChI=1S/C20H18N2O3S/c1-21-14-9-5-3-7-12(14)19(17(21)24)16(23)11-26-20(19)13-8-4-6-10-15(13)22(2)18(20)25/h3-10,16,23H,11H2,1-2H3/t16-,19+,20+/m0/s1. The normalized spacial score (nSPS) is 32.0. The molecule has 2 aromatic rings. The van der Waals surface area contributed by atoms with Crippen molar-refractivity contribution in [1.82, 2.24) is 0 Å². The van der Waals surface area contributed by atoms with E-state index in [1.165, 1.54) is 11.8 Å². The van der Waals surface area contributed by atoms with Crippen molar-refractivity contribution in [3.8, 4) is 0 Å². The Morgan fingerprint density at radius 2 is 1.46 bits per heavy atom. The molecule has 2 amide bonds. The fraction of sp³-hybridized carbons (Fsp3) is 0.300. The Morgan fingerprint density at radius 3 is 2.15 bits per heavy atom. The molecular weight excluding hydrogens is 348 g/mol. The molecule has 2 aromatic carbocycles. The molecule has 0 saturated carbocycles. The lowest BCUT2D eigenvalue weighted by atomic mass is 9.65. The fourth-order valence-electron chi connectivity index (χ4n) is 4.97. The van der Waals surface area contributed by atoms with E-state index in [2.05, 4.69) is 0 Å². The van der Waals surface area contributed by atoms with E-state index < -0.39 is 16.3 Å². The van der Waals surface area contributed by atoms with Crippen LogP contribution in [0.1, 0.15) is 11.1 Å². The van der Waals surface area contributed by atoms with Crippen molar-refractivity contribution in [1.29, 1.82) is 0 Å². The van der Waals surface area contributed by atoms with E-state index in [4.69, 9.17) is 0 Å². The second-order valence-corrected chi connectivity index (χ2v) is 8.31. The number of likely N-dealkylation sites (N-methyl/N-ethyl adjacent to an activating group) is 2. The van der Waals surface area contributed by atoms with Crippen LogP contribution in [0.4, 0.5) is 11.4 Å². The van der Waals surface area contributed by atoms with Crippen molar-refractivity contribution in [3.05, 3.63) is 59.7 Å². The Balaban J connectivity index is 1.91. The minimum Gasteiger partial charge on any atom is -0.391 e. The monoisotopic (exact) mass is 366 g/mol. The van der Waals surface area contributed by atoms with Crippen LogP contribution in [0.2, 0.25) is 0 Å². The van der Waals surface area contributed by atoms with Crippen LogP contribution < -0.4 is 9.80 Å². The van der Waals surface area contributed by atoms with Crippen LogP contribution in [0.15, 0.2) is 48.5 Å². The third-order valence-corrected chi connectivity index (χ3v) is 7.73. The third kappa shape index (κ3) is 1.43. The second kappa shape index (κ2) is 4.90. The number of anilines is 2. The molecule has 132 valence electrons. The SMILES string of the molecule is CN1C(=O)[C@]2(SC[C@H](O)[C@]23C(=O)N(C)c2ccccc23)c2ccccc21. The smallest absolute Gasteiger partial charge is 0.249 e. The van der Waals surface area contributed by atoms with Crippen LogP contribution in [-0.2, 0) is 19.8 Å². The lowest BCUT2D eigenvalue weighted by molar-refractivity contribution is -0.134. The number of carbonyl (C=O) groups is 2. The molecule has 6 heteroatoms. The van der Waals surface area contributed by atoms with Gasteiger partial charge in [-0.3, -0.25) is 9.59 Å². The third-order valence-electron chi connectivity index (χ3n) is 6.10. The summed E-state index contributed by atoms with van der Waals surface area (Å²) in [7, 11) is 3.46. The van der Waals surface area contributed by atoms with Crippen molar-refractivity contribution in [2.45, 2.75) is 16.3 Å². The van der Waals surface area contributed by atoms with Crippen LogP contribution in [0, 0.1) is 0 Å². The number of amides is 2. The van der Waals surface area contributed by atoms with Crippen LogP contribution in [0.5, 0.6) is 0 Å². The number of para-hydroxylation sites is 2. The number of hydrogen-bond acceptors (Lipinski definition) is 4. The van der Waals surface area contributed by atoms with E-state index in [0.717, 1.165) is 22.5 Å². The number of carbonyl (C=O) groups excluding carboxylic acids is 2. The first-order valence-electron chi connectivity index (χ1n) is 8.55. The average molecular weight is 366 g/mol. The molecule has 0 aliphatic carbocycles. The van der Waals surface area contributed by atoms with Gasteiger partial charge in [0.15, 0.2) is 0 Å². The summed E-state index contributed by atoms with van der Waals surface area (Å²) >= 11 is 1.39. The quantitative estimate of drug-likeness (QED) is 0.773. The molecule has 3 aliphatic heterocycles. The van der Waals surface area contributed by atoms with Gasteiger partial charge in [-0.2, -0.15) is 0 Å². The van der Waals surface area contributed by atoms with Gasteiger partial charge in [0.05, 0.1) is 6.10 Å². The molecule has 2 spiro atoms. The number of thioether (sulfide) groups is 1. The van der Waals surface area contributed by atoms with Crippen LogP contribution in [0.25, 0.3) is 0 Å². The summed E-state index contributed by atoms with van der Waals surface area (Å²) in [6.45, 7) is 0. The zero-order valence-corrected chi connectivity index (χ0v) is 15.3. The lowest BCUT2D eigenvalue weighted by Crippen LogP contribution is -2.59. The summed E-state index contributed by atoms with van der Waals surface area (Å²) in [5.41, 5.74) is 1.81. The molecule has 0 radical (unpaired) electrons. The molecule has 0 bridgehead atoms. The Bertz CT molecular complexity index is 977. The minimum atomic E-state index is -1.30. The molecular formula is C20H18N2O3S. The molecule has 3 heterocycles. The highest BCUT2D eigenvalue weighted by Crippen LogP contribution is 2.67. The first-order chi connectivity index (χ1) is 12.5. The molecule has 3 aliphatic rings. The number of fused-ring (bicyclic) bond motifs is 5. The first-order valence-corrected chi connectivity index (χ1v) is 9.54. The van der Waals surface area contributed by atoms with Crippen LogP contribution in [0.3, 0.4) is 0 Å². The van der Waals surface area contributed by atoms with E-state index in [1.807, 2.05) is 48.5 Å². The summed E-state index contributed by atoms with van der Waals surface area (Å²) < 4.78 is -1.14. The van der Waals surface area contributed by atoms with Crippen LogP contribution >= 0.6 is 11.8 Å². The van der Waals surface area contributed by atoms with Gasteiger partial charge in [0.1, 0.15) is 10.2 Å². The number of nitrogens with zero attached hydrogens (tertiary/aromatic N) is 2. The van der Waals surface area contributed by atoms with Gasteiger partial charge in [-0.05, 0) is 17.7 Å². The van der Waals surface area contributed by atoms with E-state index in [1.54, 1.807) is 23.9 Å². The molecule has 26 heavy (non-hydrogen) atoms. The largest absolute Gasteiger partial charge is 0.391 e.